The lowest BCUT2D eigenvalue weighted by molar-refractivity contribution is 0.633. The summed E-state index contributed by atoms with van der Waals surface area (Å²) in [4.78, 5) is 5.08. The largest absolute Gasteiger partial charge is 0.452 e. The van der Waals surface area contributed by atoms with Gasteiger partial charge in [-0.25, -0.2) is 4.98 Å². The minimum absolute atomic E-state index is 0.788. The van der Waals surface area contributed by atoms with Crippen LogP contribution in [0.1, 0.15) is 0 Å². The van der Waals surface area contributed by atoms with Crippen molar-refractivity contribution in [3.8, 4) is 28.2 Å². The molecule has 0 aliphatic heterocycles. The van der Waals surface area contributed by atoms with Crippen LogP contribution in [0.25, 0.3) is 93.9 Å². The van der Waals surface area contributed by atoms with Gasteiger partial charge in [-0.2, -0.15) is 0 Å². The zero-order valence-corrected chi connectivity index (χ0v) is 24.1. The van der Waals surface area contributed by atoms with Crippen LogP contribution in [-0.4, -0.2) is 9.55 Å². The van der Waals surface area contributed by atoms with Gasteiger partial charge in [0.2, 0.25) is 0 Å². The number of furan rings is 2. The first-order valence-corrected chi connectivity index (χ1v) is 15.1. The van der Waals surface area contributed by atoms with Gasteiger partial charge in [0.15, 0.2) is 11.2 Å². The lowest BCUT2D eigenvalue weighted by Crippen LogP contribution is -1.99. The zero-order valence-electron chi connectivity index (χ0n) is 24.1. The van der Waals surface area contributed by atoms with Crippen molar-refractivity contribution >= 4 is 65.7 Å². The summed E-state index contributed by atoms with van der Waals surface area (Å²) in [6, 6.07) is 50.8. The second-order valence-electron chi connectivity index (χ2n) is 11.5. The molecule has 10 aromatic rings. The van der Waals surface area contributed by atoms with E-state index < -0.39 is 0 Å². The van der Waals surface area contributed by atoms with Gasteiger partial charge in [0.25, 0.3) is 0 Å². The van der Waals surface area contributed by atoms with Gasteiger partial charge in [0.05, 0.1) is 16.7 Å². The highest BCUT2D eigenvalue weighted by Gasteiger charge is 2.19. The number of para-hydroxylation sites is 3. The summed E-state index contributed by atoms with van der Waals surface area (Å²) in [5, 5.41) is 6.64. The molecule has 3 aromatic heterocycles. The smallest absolute Gasteiger partial charge is 0.178 e. The zero-order chi connectivity index (χ0) is 29.5. The van der Waals surface area contributed by atoms with Crippen LogP contribution in [0.5, 0.6) is 0 Å². The van der Waals surface area contributed by atoms with Crippen LogP contribution in [0.3, 0.4) is 0 Å². The van der Waals surface area contributed by atoms with E-state index in [1.807, 2.05) is 30.3 Å². The van der Waals surface area contributed by atoms with E-state index in [0.29, 0.717) is 0 Å². The van der Waals surface area contributed by atoms with Gasteiger partial charge in [0.1, 0.15) is 17.0 Å². The second-order valence-corrected chi connectivity index (χ2v) is 11.5. The summed E-state index contributed by atoms with van der Waals surface area (Å²) >= 11 is 0. The van der Waals surface area contributed by atoms with Gasteiger partial charge in [-0.15, -0.1) is 0 Å². The highest BCUT2D eigenvalue weighted by Crippen LogP contribution is 2.41. The second kappa shape index (κ2) is 9.18. The number of rotatable bonds is 3. The Bertz CT molecular complexity index is 2760. The van der Waals surface area contributed by atoms with E-state index in [2.05, 4.69) is 120 Å². The van der Waals surface area contributed by atoms with E-state index in [4.69, 9.17) is 13.8 Å². The highest BCUT2D eigenvalue weighted by atomic mass is 16.4. The van der Waals surface area contributed by atoms with Crippen molar-refractivity contribution in [3.05, 3.63) is 146 Å². The molecule has 210 valence electrons. The van der Waals surface area contributed by atoms with Crippen molar-refractivity contribution in [1.82, 2.24) is 9.55 Å². The normalized spacial score (nSPS) is 12.0. The predicted molar refractivity (Wildman–Crippen MR) is 184 cm³/mol. The highest BCUT2D eigenvalue weighted by molar-refractivity contribution is 6.19. The monoisotopic (exact) mass is 576 g/mol. The van der Waals surface area contributed by atoms with Crippen molar-refractivity contribution in [2.24, 2.45) is 0 Å². The van der Waals surface area contributed by atoms with Crippen LogP contribution in [0.4, 0.5) is 0 Å². The van der Waals surface area contributed by atoms with Crippen LogP contribution in [0.15, 0.2) is 154 Å². The molecule has 0 aliphatic carbocycles. The maximum atomic E-state index is 6.43. The van der Waals surface area contributed by atoms with E-state index in [0.717, 1.165) is 82.9 Å². The Morgan fingerprint density at radius 3 is 1.96 bits per heavy atom. The Hall–Kier alpha value is -6.13. The van der Waals surface area contributed by atoms with Crippen LogP contribution in [0, 0.1) is 0 Å². The number of aromatic nitrogens is 2. The first-order chi connectivity index (χ1) is 22.3. The Kier molecular flexibility index (Phi) is 4.96. The van der Waals surface area contributed by atoms with Crippen LogP contribution in [-0.2, 0) is 0 Å². The molecular formula is C41H24N2O2. The first kappa shape index (κ1) is 24.3. The molecule has 0 fully saturated rings. The van der Waals surface area contributed by atoms with Gasteiger partial charge in [-0.1, -0.05) is 97.1 Å². The maximum absolute atomic E-state index is 6.43. The molecular weight excluding hydrogens is 552 g/mol. The first-order valence-electron chi connectivity index (χ1n) is 15.1. The Labute approximate surface area is 257 Å². The van der Waals surface area contributed by atoms with Crippen LogP contribution in [0.2, 0.25) is 0 Å². The predicted octanol–water partition coefficient (Wildman–Crippen LogP) is 11.3. The van der Waals surface area contributed by atoms with Crippen molar-refractivity contribution in [3.63, 3.8) is 0 Å². The van der Waals surface area contributed by atoms with Crippen LogP contribution < -0.4 is 0 Å². The summed E-state index contributed by atoms with van der Waals surface area (Å²) in [5.41, 5.74) is 9.84. The minimum atomic E-state index is 0.788. The molecule has 10 rings (SSSR count). The van der Waals surface area contributed by atoms with Gasteiger partial charge in [-0.3, -0.25) is 4.57 Å². The number of hydrogen-bond donors (Lipinski definition) is 0. The van der Waals surface area contributed by atoms with E-state index in [1.54, 1.807) is 0 Å². The van der Waals surface area contributed by atoms with E-state index >= 15 is 0 Å². The maximum Gasteiger partial charge on any atom is 0.178 e. The van der Waals surface area contributed by atoms with Crippen molar-refractivity contribution in [2.75, 3.05) is 0 Å². The molecule has 0 aliphatic rings. The Balaban J connectivity index is 1.19. The third-order valence-electron chi connectivity index (χ3n) is 9.03. The fourth-order valence-electron chi connectivity index (χ4n) is 6.97. The molecule has 7 aromatic carbocycles. The molecule has 45 heavy (non-hydrogen) atoms. The van der Waals surface area contributed by atoms with Crippen molar-refractivity contribution in [1.29, 1.82) is 0 Å². The molecule has 0 amide bonds. The lowest BCUT2D eigenvalue weighted by atomic mass is 9.95. The number of hydrogen-bond acceptors (Lipinski definition) is 3. The van der Waals surface area contributed by atoms with Crippen molar-refractivity contribution < 1.29 is 8.83 Å². The number of benzene rings is 7. The summed E-state index contributed by atoms with van der Waals surface area (Å²) in [6.45, 7) is 0. The van der Waals surface area contributed by atoms with Gasteiger partial charge in [0, 0.05) is 32.5 Å². The third kappa shape index (κ3) is 3.51. The average Bonchev–Trinajstić information content (AvgIpc) is 3.79. The third-order valence-corrected chi connectivity index (χ3v) is 9.03. The number of imidazole rings is 1. The van der Waals surface area contributed by atoms with Gasteiger partial charge >= 0.3 is 0 Å². The van der Waals surface area contributed by atoms with E-state index in [-0.39, 0.29) is 0 Å². The van der Waals surface area contributed by atoms with E-state index in [1.165, 1.54) is 10.9 Å². The Morgan fingerprint density at radius 2 is 1.11 bits per heavy atom. The quantitative estimate of drug-likeness (QED) is 0.210. The molecule has 0 unspecified atom stereocenters. The molecule has 0 atom stereocenters. The molecule has 0 saturated carbocycles. The number of fused-ring (bicyclic) bond motifs is 9. The van der Waals surface area contributed by atoms with Gasteiger partial charge < -0.3 is 8.83 Å². The summed E-state index contributed by atoms with van der Waals surface area (Å²) in [6.07, 6.45) is 0. The number of nitrogens with zero attached hydrogens (tertiary/aromatic N) is 2. The average molecular weight is 577 g/mol. The molecule has 4 heteroatoms. The van der Waals surface area contributed by atoms with Crippen molar-refractivity contribution in [2.45, 2.75) is 0 Å². The molecule has 0 bridgehead atoms. The topological polar surface area (TPSA) is 44.1 Å². The Morgan fingerprint density at radius 1 is 0.444 bits per heavy atom. The molecule has 3 heterocycles. The van der Waals surface area contributed by atoms with Crippen LogP contribution >= 0.6 is 0 Å². The summed E-state index contributed by atoms with van der Waals surface area (Å²) in [5.74, 6) is 0.929. The minimum Gasteiger partial charge on any atom is -0.452 e. The molecule has 4 nitrogen and oxygen atoms in total. The fourth-order valence-corrected chi connectivity index (χ4v) is 6.97. The molecule has 0 spiro atoms. The fraction of sp³-hybridized carbons (Fsp3) is 0. The lowest BCUT2D eigenvalue weighted by Gasteiger charge is -2.15. The molecule has 0 saturated heterocycles. The molecule has 0 N–H and O–H groups in total. The SMILES string of the molecule is c1ccc(-c2nc3ccccc3n2-c2ccc(-c3ccc4oc5c(ccc6c7ccccc7oc65)c4c3)c3ccccc23)cc1. The molecule has 0 radical (unpaired) electrons. The van der Waals surface area contributed by atoms with E-state index in [9.17, 15) is 0 Å². The summed E-state index contributed by atoms with van der Waals surface area (Å²) in [7, 11) is 0. The standard InChI is InChI=1S/C41H24N2O2/c1-2-10-25(11-3-1)41-42-34-15-7-8-16-36(34)43(41)35-22-21-27(28-12-4-5-13-29(28)35)26-18-23-38-33(24-26)32-20-19-31-30-14-6-9-17-37(30)44-39(31)40(32)45-38/h1-24H. The van der Waals surface area contributed by atoms with Gasteiger partial charge in [-0.05, 0) is 65.0 Å². The summed E-state index contributed by atoms with van der Waals surface area (Å²) < 4.78 is 15.0.